The van der Waals surface area contributed by atoms with Crippen molar-refractivity contribution in [1.29, 1.82) is 0 Å². The molecule has 0 aliphatic rings. The Bertz CT molecular complexity index is 538. The number of aliphatic carboxylic acids is 1. The van der Waals surface area contributed by atoms with E-state index in [-0.39, 0.29) is 13.0 Å². The fourth-order valence-corrected chi connectivity index (χ4v) is 1.67. The molecule has 3 N–H and O–H groups in total. The first-order valence-electron chi connectivity index (χ1n) is 5.58. The lowest BCUT2D eigenvalue weighted by Crippen LogP contribution is -2.28. The summed E-state index contributed by atoms with van der Waals surface area (Å²) in [4.78, 5) is 14.4. The van der Waals surface area contributed by atoms with Gasteiger partial charge in [-0.2, -0.15) is 0 Å². The van der Waals surface area contributed by atoms with Crippen LogP contribution in [0.15, 0.2) is 29.0 Å². The van der Waals surface area contributed by atoms with Gasteiger partial charge in [0, 0.05) is 13.1 Å². The van der Waals surface area contributed by atoms with E-state index in [9.17, 15) is 9.90 Å². The molecule has 0 radical (unpaired) electrons. The van der Waals surface area contributed by atoms with Crippen molar-refractivity contribution < 1.29 is 19.4 Å². The molecule has 0 saturated carbocycles. The van der Waals surface area contributed by atoms with Gasteiger partial charge in [-0.05, 0) is 17.7 Å². The zero-order valence-electron chi connectivity index (χ0n) is 9.67. The van der Waals surface area contributed by atoms with Crippen LogP contribution in [0.1, 0.15) is 12.0 Å². The number of aromatic nitrogens is 1. The predicted octanol–water partition coefficient (Wildman–Crippen LogP) is 0.753. The second-order valence-electron chi connectivity index (χ2n) is 4.04. The first-order valence-corrected chi connectivity index (χ1v) is 5.58. The maximum atomic E-state index is 10.4. The smallest absolute Gasteiger partial charge is 0.306 e. The van der Waals surface area contributed by atoms with Crippen molar-refractivity contribution in [2.75, 3.05) is 6.54 Å². The number of rotatable bonds is 6. The molecule has 0 saturated heterocycles. The largest absolute Gasteiger partial charge is 0.481 e. The van der Waals surface area contributed by atoms with Crippen LogP contribution in [0.4, 0.5) is 0 Å². The van der Waals surface area contributed by atoms with E-state index >= 15 is 0 Å². The van der Waals surface area contributed by atoms with E-state index in [1.807, 2.05) is 18.2 Å². The van der Waals surface area contributed by atoms with Crippen molar-refractivity contribution in [1.82, 2.24) is 10.3 Å². The molecule has 96 valence electrons. The van der Waals surface area contributed by atoms with E-state index in [1.54, 1.807) is 0 Å². The predicted molar refractivity (Wildman–Crippen MR) is 64.0 cm³/mol. The van der Waals surface area contributed by atoms with Crippen LogP contribution in [0.3, 0.4) is 0 Å². The third-order valence-electron chi connectivity index (χ3n) is 2.52. The zero-order valence-corrected chi connectivity index (χ0v) is 9.67. The van der Waals surface area contributed by atoms with Crippen molar-refractivity contribution in [3.05, 3.63) is 30.2 Å². The quantitative estimate of drug-likeness (QED) is 0.700. The number of fused-ring (bicyclic) bond motifs is 1. The van der Waals surface area contributed by atoms with Gasteiger partial charge in [-0.1, -0.05) is 6.07 Å². The van der Waals surface area contributed by atoms with Gasteiger partial charge in [0.05, 0.1) is 12.5 Å². The van der Waals surface area contributed by atoms with E-state index in [0.29, 0.717) is 12.1 Å². The number of nitrogens with zero attached hydrogens (tertiary/aromatic N) is 1. The Balaban J connectivity index is 1.84. The molecule has 0 amide bonds. The average molecular weight is 250 g/mol. The number of carboxylic acid groups (broad SMARTS) is 1. The molecule has 2 aromatic rings. The molecule has 0 aliphatic heterocycles. The summed E-state index contributed by atoms with van der Waals surface area (Å²) in [7, 11) is 0. The molecule has 1 atom stereocenters. The monoisotopic (exact) mass is 250 g/mol. The average Bonchev–Trinajstić information content (AvgIpc) is 2.75. The number of aliphatic hydroxyl groups is 1. The van der Waals surface area contributed by atoms with E-state index in [0.717, 1.165) is 11.1 Å². The molecule has 18 heavy (non-hydrogen) atoms. The van der Waals surface area contributed by atoms with Crippen LogP contribution < -0.4 is 5.32 Å². The molecule has 0 fully saturated rings. The van der Waals surface area contributed by atoms with E-state index in [2.05, 4.69) is 10.3 Å². The van der Waals surface area contributed by atoms with Crippen LogP contribution in [0.5, 0.6) is 0 Å². The van der Waals surface area contributed by atoms with Gasteiger partial charge in [-0.15, -0.1) is 0 Å². The van der Waals surface area contributed by atoms with Gasteiger partial charge >= 0.3 is 5.97 Å². The summed E-state index contributed by atoms with van der Waals surface area (Å²) in [5.41, 5.74) is 2.49. The summed E-state index contributed by atoms with van der Waals surface area (Å²) in [6, 6.07) is 5.61. The van der Waals surface area contributed by atoms with Gasteiger partial charge in [0.25, 0.3) is 0 Å². The number of benzene rings is 1. The minimum Gasteiger partial charge on any atom is -0.481 e. The van der Waals surface area contributed by atoms with Crippen LogP contribution in [-0.4, -0.2) is 33.8 Å². The van der Waals surface area contributed by atoms with E-state index in [4.69, 9.17) is 9.52 Å². The van der Waals surface area contributed by atoms with Crippen molar-refractivity contribution in [2.45, 2.75) is 19.1 Å². The normalized spacial score (nSPS) is 12.7. The van der Waals surface area contributed by atoms with E-state index in [1.165, 1.54) is 6.39 Å². The molecular formula is C12H14N2O4. The summed E-state index contributed by atoms with van der Waals surface area (Å²) >= 11 is 0. The highest BCUT2D eigenvalue weighted by molar-refractivity contribution is 5.72. The van der Waals surface area contributed by atoms with Gasteiger partial charge < -0.3 is 19.9 Å². The molecule has 6 nitrogen and oxygen atoms in total. The standard InChI is InChI=1S/C12H14N2O4/c15-9(4-12(16)17)6-13-5-8-1-2-10-11(3-8)18-7-14-10/h1-3,7,9,13,15H,4-6H2,(H,16,17). The number of oxazole rings is 1. The lowest BCUT2D eigenvalue weighted by molar-refractivity contribution is -0.139. The lowest BCUT2D eigenvalue weighted by Gasteiger charge is -2.09. The molecule has 0 bridgehead atoms. The van der Waals surface area contributed by atoms with Gasteiger partial charge in [-0.25, -0.2) is 4.98 Å². The molecule has 1 aromatic heterocycles. The summed E-state index contributed by atoms with van der Waals surface area (Å²) in [6.45, 7) is 0.772. The van der Waals surface area contributed by atoms with Crippen LogP contribution in [0.25, 0.3) is 11.1 Å². The van der Waals surface area contributed by atoms with Gasteiger partial charge in [-0.3, -0.25) is 4.79 Å². The number of nitrogens with one attached hydrogen (secondary N) is 1. The lowest BCUT2D eigenvalue weighted by atomic mass is 10.2. The highest BCUT2D eigenvalue weighted by atomic mass is 16.4. The van der Waals surface area contributed by atoms with Crippen molar-refractivity contribution in [2.24, 2.45) is 0 Å². The second kappa shape index (κ2) is 5.61. The Morgan fingerprint density at radius 1 is 1.50 bits per heavy atom. The van der Waals surface area contributed by atoms with Crippen molar-refractivity contribution in [3.63, 3.8) is 0 Å². The van der Waals surface area contributed by atoms with Crippen molar-refractivity contribution >= 4 is 17.1 Å². The topological polar surface area (TPSA) is 95.6 Å². The fraction of sp³-hybridized carbons (Fsp3) is 0.333. The van der Waals surface area contributed by atoms with E-state index < -0.39 is 12.1 Å². The molecule has 0 spiro atoms. The Kier molecular flexibility index (Phi) is 3.91. The Hall–Kier alpha value is -1.92. The molecule has 1 aromatic carbocycles. The summed E-state index contributed by atoms with van der Waals surface area (Å²) in [5.74, 6) is -1.01. The van der Waals surface area contributed by atoms with Gasteiger partial charge in [0.1, 0.15) is 5.52 Å². The molecule has 1 heterocycles. The van der Waals surface area contributed by atoms with Crippen LogP contribution in [0, 0.1) is 0 Å². The minimum absolute atomic E-state index is 0.237. The van der Waals surface area contributed by atoms with Crippen LogP contribution >= 0.6 is 0 Å². The molecule has 0 aliphatic carbocycles. The number of aliphatic hydroxyl groups excluding tert-OH is 1. The Labute approximate surface area is 103 Å². The Morgan fingerprint density at radius 2 is 2.33 bits per heavy atom. The first-order chi connectivity index (χ1) is 8.65. The molecule has 6 heteroatoms. The SMILES string of the molecule is O=C(O)CC(O)CNCc1ccc2ncoc2c1. The van der Waals surface area contributed by atoms with Crippen molar-refractivity contribution in [3.8, 4) is 0 Å². The van der Waals surface area contributed by atoms with Gasteiger partial charge in [0.2, 0.25) is 0 Å². The van der Waals surface area contributed by atoms with Gasteiger partial charge in [0.15, 0.2) is 12.0 Å². The zero-order chi connectivity index (χ0) is 13.0. The molecular weight excluding hydrogens is 236 g/mol. The molecule has 1 unspecified atom stereocenters. The number of hydrogen-bond donors (Lipinski definition) is 3. The second-order valence-corrected chi connectivity index (χ2v) is 4.04. The maximum absolute atomic E-state index is 10.4. The van der Waals surface area contributed by atoms with Crippen LogP contribution in [-0.2, 0) is 11.3 Å². The summed E-state index contributed by atoms with van der Waals surface area (Å²) in [5, 5.41) is 20.8. The molecule has 2 rings (SSSR count). The maximum Gasteiger partial charge on any atom is 0.306 e. The first kappa shape index (κ1) is 12.5. The highest BCUT2D eigenvalue weighted by Crippen LogP contribution is 2.13. The summed E-state index contributed by atoms with van der Waals surface area (Å²) < 4.78 is 5.17. The highest BCUT2D eigenvalue weighted by Gasteiger charge is 2.08. The third-order valence-corrected chi connectivity index (χ3v) is 2.52. The van der Waals surface area contributed by atoms with Crippen LogP contribution in [0.2, 0.25) is 0 Å². The Morgan fingerprint density at radius 3 is 3.11 bits per heavy atom. The number of hydrogen-bond acceptors (Lipinski definition) is 5. The third kappa shape index (κ3) is 3.28. The minimum atomic E-state index is -1.01. The number of carbonyl (C=O) groups is 1. The number of carboxylic acids is 1. The fourth-order valence-electron chi connectivity index (χ4n) is 1.67. The summed E-state index contributed by atoms with van der Waals surface area (Å²) in [6.07, 6.45) is 0.253.